The van der Waals surface area contributed by atoms with Crippen LogP contribution in [0.15, 0.2) is 15.4 Å². The maximum absolute atomic E-state index is 4.71. The smallest absolute Gasteiger partial charge is 0.0396 e. The van der Waals surface area contributed by atoms with Crippen LogP contribution in [0.25, 0.3) is 0 Å². The Morgan fingerprint density at radius 1 is 1.67 bits per heavy atom. The summed E-state index contributed by atoms with van der Waals surface area (Å²) in [5, 5.41) is 6.34. The molecule has 0 heterocycles. The van der Waals surface area contributed by atoms with E-state index in [9.17, 15) is 0 Å². The molecule has 0 fully saturated rings. The molecule has 0 rings (SSSR count). The van der Waals surface area contributed by atoms with E-state index in [1.54, 1.807) is 13.3 Å². The number of aliphatic imine (C=N–C) groups is 1. The van der Waals surface area contributed by atoms with Crippen molar-refractivity contribution in [2.75, 3.05) is 13.6 Å². The van der Waals surface area contributed by atoms with Gasteiger partial charge in [-0.2, -0.15) is 0 Å². The van der Waals surface area contributed by atoms with Crippen LogP contribution >= 0.6 is 0 Å². The molecule has 52 valence electrons. The van der Waals surface area contributed by atoms with Crippen LogP contribution in [0, 0.1) is 0 Å². The van der Waals surface area contributed by atoms with Crippen molar-refractivity contribution in [3.63, 3.8) is 0 Å². The fraction of sp³-hybridized carbons (Fsp3) is 0.750. The number of nitrogens with one attached hydrogen (secondary N) is 1. The minimum atomic E-state index is 0.720. The van der Waals surface area contributed by atoms with Crippen LogP contribution < -0.4 is 11.3 Å². The Morgan fingerprint density at radius 2 is 2.44 bits per heavy atom. The van der Waals surface area contributed by atoms with Crippen molar-refractivity contribution in [1.82, 2.24) is 5.43 Å². The van der Waals surface area contributed by atoms with Crippen LogP contribution in [0.4, 0.5) is 0 Å². The summed E-state index contributed by atoms with van der Waals surface area (Å²) in [7, 11) is 1.73. The van der Waals surface area contributed by atoms with E-state index in [1.807, 2.05) is 0 Å². The van der Waals surface area contributed by atoms with Gasteiger partial charge in [0.15, 0.2) is 0 Å². The monoisotopic (exact) mass is 129 g/mol. The summed E-state index contributed by atoms with van der Waals surface area (Å²) in [5.74, 6) is 4.71. The maximum Gasteiger partial charge on any atom is 0.0396 e. The van der Waals surface area contributed by atoms with E-state index < -0.39 is 0 Å². The largest absolute Gasteiger partial charge is 0.303 e. The molecule has 0 spiro atoms. The van der Waals surface area contributed by atoms with Gasteiger partial charge in [-0.3, -0.25) is 5.43 Å². The molecule has 0 aromatic carbocycles. The predicted octanol–water partition coefficient (Wildman–Crippen LogP) is -0.0924. The number of hydrogen-bond donors (Lipinski definition) is 2. The highest BCUT2D eigenvalue weighted by Crippen LogP contribution is 1.68. The van der Waals surface area contributed by atoms with Crippen molar-refractivity contribution < 1.29 is 0 Å². The summed E-state index contributed by atoms with van der Waals surface area (Å²) >= 11 is 0. The molecule has 3 N–H and O–H groups in total. The zero-order valence-corrected chi connectivity index (χ0v) is 5.41. The van der Waals surface area contributed by atoms with E-state index in [0.717, 1.165) is 13.0 Å². The van der Waals surface area contributed by atoms with Crippen LogP contribution in [0.1, 0.15) is 6.42 Å². The van der Waals surface area contributed by atoms with Crippen LogP contribution in [-0.4, -0.2) is 19.8 Å². The average molecular weight is 129 g/mol. The highest BCUT2D eigenvalue weighted by atomic mass is 15.5. The average Bonchev–Trinajstić information content (AvgIpc) is 1.89. The molecular formula is C4H11N5. The predicted molar refractivity (Wildman–Crippen MR) is 36.1 cm³/mol. The lowest BCUT2D eigenvalue weighted by Crippen LogP contribution is -2.07. The lowest BCUT2D eigenvalue weighted by molar-refractivity contribution is 0.691. The Hall–Kier alpha value is -1.13. The molecule has 0 aliphatic heterocycles. The Labute approximate surface area is 54.0 Å². The lowest BCUT2D eigenvalue weighted by atomic mass is 10.5. The molecule has 0 saturated heterocycles. The zero-order valence-electron chi connectivity index (χ0n) is 5.41. The number of hydrogen-bond acceptors (Lipinski definition) is 3. The summed E-state index contributed by atoms with van der Waals surface area (Å²) in [6, 6.07) is 0. The van der Waals surface area contributed by atoms with E-state index in [0.29, 0.717) is 0 Å². The van der Waals surface area contributed by atoms with Crippen LogP contribution in [-0.2, 0) is 0 Å². The first-order valence-electron chi connectivity index (χ1n) is 2.65. The van der Waals surface area contributed by atoms with Gasteiger partial charge in [0, 0.05) is 26.2 Å². The third kappa shape index (κ3) is 6.87. The SMILES string of the molecule is CN=CCCN/N=N\N. The Kier molecular flexibility index (Phi) is 6.01. The van der Waals surface area contributed by atoms with Crippen molar-refractivity contribution >= 4 is 6.21 Å². The second-order valence-corrected chi connectivity index (χ2v) is 1.35. The van der Waals surface area contributed by atoms with E-state index in [-0.39, 0.29) is 0 Å². The van der Waals surface area contributed by atoms with Gasteiger partial charge in [-0.05, 0) is 0 Å². The van der Waals surface area contributed by atoms with E-state index in [4.69, 9.17) is 5.84 Å². The van der Waals surface area contributed by atoms with Gasteiger partial charge in [-0.25, -0.2) is 0 Å². The first-order chi connectivity index (χ1) is 4.41. The molecule has 0 aliphatic carbocycles. The van der Waals surface area contributed by atoms with E-state index in [2.05, 4.69) is 20.9 Å². The molecular weight excluding hydrogens is 118 g/mol. The highest BCUT2D eigenvalue weighted by molar-refractivity contribution is 5.56. The fourth-order valence-corrected chi connectivity index (χ4v) is 0.349. The molecule has 0 aliphatic rings. The van der Waals surface area contributed by atoms with Gasteiger partial charge in [0.05, 0.1) is 0 Å². The van der Waals surface area contributed by atoms with Crippen LogP contribution in [0.5, 0.6) is 0 Å². The van der Waals surface area contributed by atoms with Gasteiger partial charge in [-0.1, -0.05) is 10.4 Å². The van der Waals surface area contributed by atoms with Crippen molar-refractivity contribution in [3.05, 3.63) is 0 Å². The minimum absolute atomic E-state index is 0.720. The molecule has 0 amide bonds. The maximum atomic E-state index is 4.71. The van der Waals surface area contributed by atoms with Gasteiger partial charge in [-0.15, -0.1) is 0 Å². The molecule has 0 saturated carbocycles. The van der Waals surface area contributed by atoms with Gasteiger partial charge in [0.1, 0.15) is 0 Å². The molecule has 0 aromatic heterocycles. The number of nitrogens with two attached hydrogens (primary N) is 1. The van der Waals surface area contributed by atoms with Crippen molar-refractivity contribution in [1.29, 1.82) is 0 Å². The second kappa shape index (κ2) is 6.87. The standard InChI is InChI=1S/C4H11N5/c1-6-3-2-4-7-9-8-5/h3H,2,4H2,1H3,(H2,5,9)(H,7,8). The quantitative estimate of drug-likeness (QED) is 0.183. The van der Waals surface area contributed by atoms with Crippen molar-refractivity contribution in [2.45, 2.75) is 6.42 Å². The highest BCUT2D eigenvalue weighted by Gasteiger charge is 1.75. The van der Waals surface area contributed by atoms with Gasteiger partial charge in [0.25, 0.3) is 0 Å². The van der Waals surface area contributed by atoms with Gasteiger partial charge < -0.3 is 10.8 Å². The van der Waals surface area contributed by atoms with Crippen LogP contribution in [0.3, 0.4) is 0 Å². The van der Waals surface area contributed by atoms with Crippen LogP contribution in [0.2, 0.25) is 0 Å². The third-order valence-electron chi connectivity index (χ3n) is 0.696. The molecule has 0 aromatic rings. The summed E-state index contributed by atoms with van der Waals surface area (Å²) in [6.45, 7) is 0.720. The topological polar surface area (TPSA) is 75.1 Å². The molecule has 5 nitrogen and oxygen atoms in total. The normalized spacial score (nSPS) is 11.2. The molecule has 0 radical (unpaired) electrons. The van der Waals surface area contributed by atoms with Gasteiger partial charge >= 0.3 is 0 Å². The van der Waals surface area contributed by atoms with Gasteiger partial charge in [0.2, 0.25) is 0 Å². The fourth-order valence-electron chi connectivity index (χ4n) is 0.349. The lowest BCUT2D eigenvalue weighted by Gasteiger charge is -1.90. The Balaban J connectivity index is 2.91. The molecule has 5 heteroatoms. The van der Waals surface area contributed by atoms with E-state index in [1.165, 1.54) is 0 Å². The van der Waals surface area contributed by atoms with Crippen molar-refractivity contribution in [3.8, 4) is 0 Å². The van der Waals surface area contributed by atoms with E-state index >= 15 is 0 Å². The molecule has 9 heavy (non-hydrogen) atoms. The molecule has 0 bridgehead atoms. The zero-order chi connectivity index (χ0) is 6.95. The third-order valence-corrected chi connectivity index (χ3v) is 0.696. The Bertz CT molecular complexity index is 85.1. The molecule has 0 atom stereocenters. The minimum Gasteiger partial charge on any atom is -0.303 e. The summed E-state index contributed by atoms with van der Waals surface area (Å²) < 4.78 is 0. The number of rotatable bonds is 4. The second-order valence-electron chi connectivity index (χ2n) is 1.35. The summed E-state index contributed by atoms with van der Waals surface area (Å²) in [4.78, 5) is 3.76. The first kappa shape index (κ1) is 7.87. The van der Waals surface area contributed by atoms with Crippen molar-refractivity contribution in [2.24, 2.45) is 21.3 Å². The number of nitrogens with zero attached hydrogens (tertiary/aromatic N) is 3. The Morgan fingerprint density at radius 3 is 3.00 bits per heavy atom. The summed E-state index contributed by atoms with van der Waals surface area (Å²) in [5.41, 5.74) is 2.61. The first-order valence-corrected chi connectivity index (χ1v) is 2.65. The molecule has 0 unspecified atom stereocenters. The summed E-state index contributed by atoms with van der Waals surface area (Å²) in [6.07, 6.45) is 2.63.